The van der Waals surface area contributed by atoms with E-state index in [4.69, 9.17) is 5.73 Å². The highest BCUT2D eigenvalue weighted by molar-refractivity contribution is 5.58. The first-order valence-corrected chi connectivity index (χ1v) is 5.67. The number of aromatic nitrogens is 2. The standard InChI is InChI=1S/C13H17N3/c1-2-6-11(14)13-15-9-12(16-13)10-7-4-3-5-8-10/h3-5,7-9,11H,2,6,14H2,1H3,(H,15,16). The van der Waals surface area contributed by atoms with Gasteiger partial charge in [0.1, 0.15) is 5.82 Å². The van der Waals surface area contributed by atoms with Crippen molar-refractivity contribution in [3.63, 3.8) is 0 Å². The SMILES string of the molecule is CCCC(N)c1nc(-c2ccccc2)c[nH]1. The summed E-state index contributed by atoms with van der Waals surface area (Å²) < 4.78 is 0. The molecule has 1 aromatic carbocycles. The molecule has 0 bridgehead atoms. The van der Waals surface area contributed by atoms with Crippen LogP contribution < -0.4 is 5.73 Å². The molecule has 1 unspecified atom stereocenters. The number of H-pyrrole nitrogens is 1. The van der Waals surface area contributed by atoms with Crippen LogP contribution in [0.5, 0.6) is 0 Å². The van der Waals surface area contributed by atoms with Crippen molar-refractivity contribution in [1.82, 2.24) is 9.97 Å². The van der Waals surface area contributed by atoms with Gasteiger partial charge in [-0.3, -0.25) is 0 Å². The summed E-state index contributed by atoms with van der Waals surface area (Å²) in [7, 11) is 0. The molecular formula is C13H17N3. The highest BCUT2D eigenvalue weighted by Crippen LogP contribution is 2.19. The van der Waals surface area contributed by atoms with Gasteiger partial charge in [0, 0.05) is 11.8 Å². The zero-order valence-corrected chi connectivity index (χ0v) is 9.48. The average Bonchev–Trinajstić information content (AvgIpc) is 2.80. The molecule has 0 saturated heterocycles. The molecule has 0 aliphatic heterocycles. The minimum atomic E-state index is 0.0162. The van der Waals surface area contributed by atoms with Gasteiger partial charge in [0.25, 0.3) is 0 Å². The fraction of sp³-hybridized carbons (Fsp3) is 0.308. The molecule has 84 valence electrons. The summed E-state index contributed by atoms with van der Waals surface area (Å²) in [4.78, 5) is 7.67. The molecule has 0 amide bonds. The first-order chi connectivity index (χ1) is 7.81. The summed E-state index contributed by atoms with van der Waals surface area (Å²) in [6.07, 6.45) is 3.95. The molecule has 0 saturated carbocycles. The Morgan fingerprint density at radius 3 is 2.75 bits per heavy atom. The summed E-state index contributed by atoms with van der Waals surface area (Å²) in [6, 6.07) is 10.1. The first kappa shape index (κ1) is 10.9. The van der Waals surface area contributed by atoms with Gasteiger partial charge in [0.15, 0.2) is 0 Å². The van der Waals surface area contributed by atoms with Gasteiger partial charge in [-0.25, -0.2) is 4.98 Å². The number of nitrogens with two attached hydrogens (primary N) is 1. The van der Waals surface area contributed by atoms with Crippen LogP contribution in [0.4, 0.5) is 0 Å². The third kappa shape index (κ3) is 2.31. The Morgan fingerprint density at radius 1 is 1.31 bits per heavy atom. The lowest BCUT2D eigenvalue weighted by Gasteiger charge is -2.05. The van der Waals surface area contributed by atoms with Gasteiger partial charge in [0.2, 0.25) is 0 Å². The van der Waals surface area contributed by atoms with Crippen molar-refractivity contribution in [3.8, 4) is 11.3 Å². The van der Waals surface area contributed by atoms with Gasteiger partial charge in [0.05, 0.1) is 11.7 Å². The molecule has 0 aliphatic carbocycles. The van der Waals surface area contributed by atoms with E-state index in [-0.39, 0.29) is 6.04 Å². The van der Waals surface area contributed by atoms with Crippen LogP contribution in [0.1, 0.15) is 31.6 Å². The Kier molecular flexibility index (Phi) is 3.37. The number of hydrogen-bond acceptors (Lipinski definition) is 2. The number of nitrogens with one attached hydrogen (secondary N) is 1. The minimum Gasteiger partial charge on any atom is -0.347 e. The lowest BCUT2D eigenvalue weighted by molar-refractivity contribution is 0.609. The second-order valence-corrected chi connectivity index (χ2v) is 3.93. The summed E-state index contributed by atoms with van der Waals surface area (Å²) >= 11 is 0. The predicted octanol–water partition coefficient (Wildman–Crippen LogP) is 2.88. The molecule has 0 spiro atoms. The van der Waals surface area contributed by atoms with E-state index in [9.17, 15) is 0 Å². The smallest absolute Gasteiger partial charge is 0.123 e. The largest absolute Gasteiger partial charge is 0.347 e. The van der Waals surface area contributed by atoms with Gasteiger partial charge in [-0.15, -0.1) is 0 Å². The van der Waals surface area contributed by atoms with Gasteiger partial charge in [-0.05, 0) is 6.42 Å². The maximum atomic E-state index is 6.00. The zero-order chi connectivity index (χ0) is 11.4. The molecule has 0 fully saturated rings. The average molecular weight is 215 g/mol. The van der Waals surface area contributed by atoms with Crippen molar-refractivity contribution < 1.29 is 0 Å². The van der Waals surface area contributed by atoms with E-state index in [0.29, 0.717) is 0 Å². The number of rotatable bonds is 4. The van der Waals surface area contributed by atoms with Gasteiger partial charge < -0.3 is 10.7 Å². The van der Waals surface area contributed by atoms with E-state index in [0.717, 1.165) is 29.9 Å². The fourth-order valence-electron chi connectivity index (χ4n) is 1.73. The fourth-order valence-corrected chi connectivity index (χ4v) is 1.73. The van der Waals surface area contributed by atoms with Crippen LogP contribution >= 0.6 is 0 Å². The molecule has 3 N–H and O–H groups in total. The van der Waals surface area contributed by atoms with Crippen molar-refractivity contribution >= 4 is 0 Å². The number of nitrogens with zero attached hydrogens (tertiary/aromatic N) is 1. The summed E-state index contributed by atoms with van der Waals surface area (Å²) in [5, 5.41) is 0. The molecule has 1 atom stereocenters. The van der Waals surface area contributed by atoms with Crippen molar-refractivity contribution in [3.05, 3.63) is 42.4 Å². The number of imidazole rings is 1. The second-order valence-electron chi connectivity index (χ2n) is 3.93. The quantitative estimate of drug-likeness (QED) is 0.824. The first-order valence-electron chi connectivity index (χ1n) is 5.67. The van der Waals surface area contributed by atoms with Crippen LogP contribution in [0.3, 0.4) is 0 Å². The van der Waals surface area contributed by atoms with E-state index in [1.807, 2.05) is 36.5 Å². The van der Waals surface area contributed by atoms with E-state index < -0.39 is 0 Å². The maximum Gasteiger partial charge on any atom is 0.123 e. The Bertz CT molecular complexity index is 433. The third-order valence-corrected chi connectivity index (χ3v) is 2.62. The van der Waals surface area contributed by atoms with Crippen molar-refractivity contribution in [2.24, 2.45) is 5.73 Å². The lowest BCUT2D eigenvalue weighted by Crippen LogP contribution is -2.11. The Hall–Kier alpha value is -1.61. The number of benzene rings is 1. The summed E-state index contributed by atoms with van der Waals surface area (Å²) in [6.45, 7) is 2.13. The van der Waals surface area contributed by atoms with Crippen LogP contribution in [0.2, 0.25) is 0 Å². The zero-order valence-electron chi connectivity index (χ0n) is 9.48. The molecule has 1 heterocycles. The molecular weight excluding hydrogens is 198 g/mol. The highest BCUT2D eigenvalue weighted by atomic mass is 15.0. The molecule has 0 aliphatic rings. The Labute approximate surface area is 95.7 Å². The normalized spacial score (nSPS) is 12.6. The molecule has 2 aromatic rings. The van der Waals surface area contributed by atoms with Crippen LogP contribution in [0.25, 0.3) is 11.3 Å². The Balaban J connectivity index is 2.20. The molecule has 0 radical (unpaired) electrons. The van der Waals surface area contributed by atoms with Gasteiger partial charge >= 0.3 is 0 Å². The Morgan fingerprint density at radius 2 is 2.06 bits per heavy atom. The summed E-state index contributed by atoms with van der Waals surface area (Å²) in [5.41, 5.74) is 8.08. The van der Waals surface area contributed by atoms with Crippen LogP contribution in [0, 0.1) is 0 Å². The van der Waals surface area contributed by atoms with Crippen LogP contribution in [-0.4, -0.2) is 9.97 Å². The molecule has 16 heavy (non-hydrogen) atoms. The van der Waals surface area contributed by atoms with Crippen molar-refractivity contribution in [2.45, 2.75) is 25.8 Å². The van der Waals surface area contributed by atoms with E-state index in [1.54, 1.807) is 0 Å². The van der Waals surface area contributed by atoms with Crippen molar-refractivity contribution in [2.75, 3.05) is 0 Å². The topological polar surface area (TPSA) is 54.7 Å². The highest BCUT2D eigenvalue weighted by Gasteiger charge is 2.09. The minimum absolute atomic E-state index is 0.0162. The monoisotopic (exact) mass is 215 g/mol. The maximum absolute atomic E-state index is 6.00. The second kappa shape index (κ2) is 4.94. The number of aromatic amines is 1. The van der Waals surface area contributed by atoms with Gasteiger partial charge in [-0.2, -0.15) is 0 Å². The number of hydrogen-bond donors (Lipinski definition) is 2. The van der Waals surface area contributed by atoms with Gasteiger partial charge in [-0.1, -0.05) is 43.7 Å². The predicted molar refractivity (Wildman–Crippen MR) is 65.9 cm³/mol. The van der Waals surface area contributed by atoms with E-state index >= 15 is 0 Å². The van der Waals surface area contributed by atoms with E-state index in [1.165, 1.54) is 0 Å². The summed E-state index contributed by atoms with van der Waals surface area (Å²) in [5.74, 6) is 0.876. The lowest BCUT2D eigenvalue weighted by atomic mass is 10.1. The molecule has 1 aromatic heterocycles. The molecule has 3 nitrogen and oxygen atoms in total. The van der Waals surface area contributed by atoms with E-state index in [2.05, 4.69) is 16.9 Å². The van der Waals surface area contributed by atoms with Crippen molar-refractivity contribution in [1.29, 1.82) is 0 Å². The third-order valence-electron chi connectivity index (χ3n) is 2.62. The molecule has 3 heteroatoms. The van der Waals surface area contributed by atoms with Crippen LogP contribution in [-0.2, 0) is 0 Å². The van der Waals surface area contributed by atoms with Crippen LogP contribution in [0.15, 0.2) is 36.5 Å². The molecule has 2 rings (SSSR count).